The van der Waals surface area contributed by atoms with Crippen molar-refractivity contribution in [1.82, 2.24) is 0 Å². The first kappa shape index (κ1) is 10.1. The fourth-order valence-electron chi connectivity index (χ4n) is 2.09. The highest BCUT2D eigenvalue weighted by Crippen LogP contribution is 2.36. The van der Waals surface area contributed by atoms with Crippen LogP contribution in [0.4, 0.5) is 15.8 Å². The van der Waals surface area contributed by atoms with Gasteiger partial charge in [0.05, 0.1) is 17.9 Å². The molecule has 0 amide bonds. The Morgan fingerprint density at radius 1 is 0.941 bits per heavy atom. The molecule has 0 aliphatic carbocycles. The Kier molecular flexibility index (Phi) is 2.44. The molecule has 1 aliphatic rings. The van der Waals surface area contributed by atoms with E-state index in [9.17, 15) is 4.39 Å². The van der Waals surface area contributed by atoms with Crippen molar-refractivity contribution >= 4 is 11.4 Å². The number of halogens is 1. The van der Waals surface area contributed by atoms with Crippen molar-refractivity contribution in [3.63, 3.8) is 0 Å². The van der Waals surface area contributed by atoms with E-state index in [2.05, 4.69) is 0 Å². The monoisotopic (exact) mass is 229 g/mol. The third-order valence-corrected chi connectivity index (χ3v) is 2.87. The topological polar surface area (TPSA) is 12.5 Å². The molecule has 17 heavy (non-hydrogen) atoms. The highest BCUT2D eigenvalue weighted by atomic mass is 19.1. The Balaban J connectivity index is 2.09. The lowest BCUT2D eigenvalue weighted by Gasteiger charge is -2.31. The third kappa shape index (κ3) is 1.73. The van der Waals surface area contributed by atoms with Gasteiger partial charge in [0.2, 0.25) is 0 Å². The number of ether oxygens (including phenoxy) is 1. The standard InChI is InChI=1S/C14H12FNO/c15-11-5-1-2-6-12(11)16-9-10-17-14-8-4-3-7-13(14)16/h1-8H,9-10H2. The number of para-hydroxylation sites is 3. The van der Waals surface area contributed by atoms with Crippen LogP contribution in [0, 0.1) is 5.82 Å². The van der Waals surface area contributed by atoms with Gasteiger partial charge in [0.1, 0.15) is 18.2 Å². The molecule has 0 bridgehead atoms. The van der Waals surface area contributed by atoms with E-state index >= 15 is 0 Å². The minimum atomic E-state index is -0.204. The Morgan fingerprint density at radius 2 is 1.65 bits per heavy atom. The first-order valence-corrected chi connectivity index (χ1v) is 5.60. The van der Waals surface area contributed by atoms with Gasteiger partial charge in [-0.05, 0) is 24.3 Å². The maximum absolute atomic E-state index is 13.8. The number of hydrogen-bond donors (Lipinski definition) is 0. The highest BCUT2D eigenvalue weighted by molar-refractivity contribution is 5.70. The van der Waals surface area contributed by atoms with E-state index in [4.69, 9.17) is 4.74 Å². The highest BCUT2D eigenvalue weighted by Gasteiger charge is 2.20. The molecule has 3 heteroatoms. The van der Waals surface area contributed by atoms with Crippen molar-refractivity contribution in [3.05, 3.63) is 54.3 Å². The summed E-state index contributed by atoms with van der Waals surface area (Å²) >= 11 is 0. The van der Waals surface area contributed by atoms with Crippen LogP contribution in [0.1, 0.15) is 0 Å². The normalized spacial score (nSPS) is 14.1. The number of nitrogens with zero attached hydrogens (tertiary/aromatic N) is 1. The maximum Gasteiger partial charge on any atom is 0.146 e. The summed E-state index contributed by atoms with van der Waals surface area (Å²) in [6.07, 6.45) is 0. The molecule has 0 saturated carbocycles. The van der Waals surface area contributed by atoms with Crippen molar-refractivity contribution in [3.8, 4) is 5.75 Å². The molecule has 0 spiro atoms. The molecule has 0 saturated heterocycles. The van der Waals surface area contributed by atoms with Crippen LogP contribution in [0.2, 0.25) is 0 Å². The van der Waals surface area contributed by atoms with Crippen LogP contribution < -0.4 is 9.64 Å². The average Bonchev–Trinajstić information content (AvgIpc) is 2.39. The Bertz CT molecular complexity index is 541. The molecule has 0 atom stereocenters. The maximum atomic E-state index is 13.8. The van der Waals surface area contributed by atoms with Gasteiger partial charge in [-0.1, -0.05) is 24.3 Å². The zero-order valence-electron chi connectivity index (χ0n) is 9.27. The summed E-state index contributed by atoms with van der Waals surface area (Å²) in [4.78, 5) is 1.95. The second-order valence-electron chi connectivity index (χ2n) is 3.92. The smallest absolute Gasteiger partial charge is 0.146 e. The largest absolute Gasteiger partial charge is 0.490 e. The van der Waals surface area contributed by atoms with Gasteiger partial charge in [-0.2, -0.15) is 0 Å². The molecule has 2 aromatic rings. The van der Waals surface area contributed by atoms with E-state index in [1.807, 2.05) is 35.2 Å². The van der Waals surface area contributed by atoms with Crippen LogP contribution >= 0.6 is 0 Å². The van der Waals surface area contributed by atoms with Crippen molar-refractivity contribution < 1.29 is 9.13 Å². The molecule has 0 N–H and O–H groups in total. The van der Waals surface area contributed by atoms with Crippen molar-refractivity contribution in [2.75, 3.05) is 18.1 Å². The van der Waals surface area contributed by atoms with Crippen LogP contribution in [-0.2, 0) is 0 Å². The molecule has 1 aliphatic heterocycles. The van der Waals surface area contributed by atoms with E-state index in [0.29, 0.717) is 18.8 Å². The zero-order chi connectivity index (χ0) is 11.7. The van der Waals surface area contributed by atoms with Crippen molar-refractivity contribution in [2.45, 2.75) is 0 Å². The summed E-state index contributed by atoms with van der Waals surface area (Å²) in [5.74, 6) is 0.603. The fourth-order valence-corrected chi connectivity index (χ4v) is 2.09. The molecule has 2 nitrogen and oxygen atoms in total. The van der Waals surface area contributed by atoms with Gasteiger partial charge < -0.3 is 9.64 Å². The Labute approximate surface area is 99.3 Å². The summed E-state index contributed by atoms with van der Waals surface area (Å²) in [5.41, 5.74) is 1.52. The van der Waals surface area contributed by atoms with Crippen LogP contribution in [0.3, 0.4) is 0 Å². The molecule has 0 fully saturated rings. The summed E-state index contributed by atoms with van der Waals surface area (Å²) in [6, 6.07) is 14.5. The third-order valence-electron chi connectivity index (χ3n) is 2.87. The average molecular weight is 229 g/mol. The first-order chi connectivity index (χ1) is 8.36. The lowest BCUT2D eigenvalue weighted by molar-refractivity contribution is 0.313. The molecule has 3 rings (SSSR count). The molecule has 0 aromatic heterocycles. The lowest BCUT2D eigenvalue weighted by atomic mass is 10.2. The minimum Gasteiger partial charge on any atom is -0.490 e. The lowest BCUT2D eigenvalue weighted by Crippen LogP contribution is -2.29. The second kappa shape index (κ2) is 4.09. The molecular formula is C14H12FNO. The van der Waals surface area contributed by atoms with Gasteiger partial charge in [0.15, 0.2) is 0 Å². The van der Waals surface area contributed by atoms with Gasteiger partial charge in [0, 0.05) is 0 Å². The van der Waals surface area contributed by atoms with Gasteiger partial charge in [-0.15, -0.1) is 0 Å². The van der Waals surface area contributed by atoms with Crippen LogP contribution in [0.25, 0.3) is 0 Å². The number of benzene rings is 2. The quantitative estimate of drug-likeness (QED) is 0.743. The zero-order valence-corrected chi connectivity index (χ0v) is 9.27. The number of hydrogen-bond acceptors (Lipinski definition) is 2. The van der Waals surface area contributed by atoms with E-state index in [1.54, 1.807) is 12.1 Å². The molecule has 0 radical (unpaired) electrons. The summed E-state index contributed by atoms with van der Waals surface area (Å²) in [7, 11) is 0. The van der Waals surface area contributed by atoms with Gasteiger partial charge >= 0.3 is 0 Å². The van der Waals surface area contributed by atoms with Crippen LogP contribution in [0.5, 0.6) is 5.75 Å². The second-order valence-corrected chi connectivity index (χ2v) is 3.92. The first-order valence-electron chi connectivity index (χ1n) is 5.60. The van der Waals surface area contributed by atoms with Gasteiger partial charge in [-0.3, -0.25) is 0 Å². The fraction of sp³-hybridized carbons (Fsp3) is 0.143. The van der Waals surface area contributed by atoms with E-state index in [1.165, 1.54) is 6.07 Å². The Morgan fingerprint density at radius 3 is 2.47 bits per heavy atom. The van der Waals surface area contributed by atoms with Crippen LogP contribution in [0.15, 0.2) is 48.5 Å². The summed E-state index contributed by atoms with van der Waals surface area (Å²) in [6.45, 7) is 1.24. The van der Waals surface area contributed by atoms with Crippen LogP contribution in [-0.4, -0.2) is 13.2 Å². The minimum absolute atomic E-state index is 0.204. The summed E-state index contributed by atoms with van der Waals surface area (Å²) < 4.78 is 19.3. The molecule has 1 heterocycles. The predicted octanol–water partition coefficient (Wildman–Crippen LogP) is 3.36. The number of anilines is 2. The van der Waals surface area contributed by atoms with Gasteiger partial charge in [-0.25, -0.2) is 4.39 Å². The number of rotatable bonds is 1. The predicted molar refractivity (Wildman–Crippen MR) is 65.3 cm³/mol. The van der Waals surface area contributed by atoms with Gasteiger partial charge in [0.25, 0.3) is 0 Å². The molecule has 0 unspecified atom stereocenters. The van der Waals surface area contributed by atoms with Crippen molar-refractivity contribution in [1.29, 1.82) is 0 Å². The van der Waals surface area contributed by atoms with E-state index in [-0.39, 0.29) is 5.82 Å². The SMILES string of the molecule is Fc1ccccc1N1CCOc2ccccc21. The molecule has 2 aromatic carbocycles. The molecular weight excluding hydrogens is 217 g/mol. The molecule has 86 valence electrons. The Hall–Kier alpha value is -2.03. The van der Waals surface area contributed by atoms with E-state index in [0.717, 1.165) is 11.4 Å². The number of fused-ring (bicyclic) bond motifs is 1. The van der Waals surface area contributed by atoms with Crippen molar-refractivity contribution in [2.24, 2.45) is 0 Å². The van der Waals surface area contributed by atoms with E-state index < -0.39 is 0 Å². The summed E-state index contributed by atoms with van der Waals surface area (Å²) in [5, 5.41) is 0.